The number of rotatable bonds is 3. The van der Waals surface area contributed by atoms with E-state index >= 15 is 0 Å². The van der Waals surface area contributed by atoms with Crippen molar-refractivity contribution in [3.8, 4) is 0 Å². The fourth-order valence-corrected chi connectivity index (χ4v) is 2.73. The number of hydrogen-bond donors (Lipinski definition) is 1. The molecule has 1 heterocycles. The summed E-state index contributed by atoms with van der Waals surface area (Å²) < 4.78 is 18.4. The smallest absolute Gasteiger partial charge is 0.407 e. The van der Waals surface area contributed by atoms with Crippen molar-refractivity contribution in [2.45, 2.75) is 59.3 Å². The molecular weight excluding hydrogens is 275 g/mol. The van der Waals surface area contributed by atoms with Crippen LogP contribution >= 0.6 is 0 Å². The largest absolute Gasteiger partial charge is 0.453 e. The molecule has 2 amide bonds. The van der Waals surface area contributed by atoms with Crippen LogP contribution in [-0.4, -0.2) is 48.8 Å². The van der Waals surface area contributed by atoms with Gasteiger partial charge >= 0.3 is 6.09 Å². The second-order valence-corrected chi connectivity index (χ2v) is 7.06. The summed E-state index contributed by atoms with van der Waals surface area (Å²) in [6, 6.07) is -0.867. The highest BCUT2D eigenvalue weighted by atomic mass is 19.1. The molecule has 5 nitrogen and oxygen atoms in total. The van der Waals surface area contributed by atoms with Crippen LogP contribution < -0.4 is 5.32 Å². The fourth-order valence-electron chi connectivity index (χ4n) is 2.73. The number of amides is 2. The lowest BCUT2D eigenvalue weighted by molar-refractivity contribution is -0.137. The second kappa shape index (κ2) is 6.62. The number of nitrogens with one attached hydrogen (secondary N) is 1. The number of hydrogen-bond acceptors (Lipinski definition) is 3. The van der Waals surface area contributed by atoms with Crippen molar-refractivity contribution in [3.05, 3.63) is 0 Å². The average molecular weight is 302 g/mol. The quantitative estimate of drug-likeness (QED) is 0.870. The van der Waals surface area contributed by atoms with Gasteiger partial charge in [-0.05, 0) is 11.3 Å². The number of alkyl carbamates (subject to hydrolysis) is 1. The number of methoxy groups -OCH3 is 1. The Kier molecular flexibility index (Phi) is 5.59. The summed E-state index contributed by atoms with van der Waals surface area (Å²) in [6.07, 6.45) is -1.31. The van der Waals surface area contributed by atoms with E-state index in [-0.39, 0.29) is 29.8 Å². The summed E-state index contributed by atoms with van der Waals surface area (Å²) in [5, 5.41) is 2.55. The monoisotopic (exact) mass is 302 g/mol. The molecule has 3 unspecified atom stereocenters. The van der Waals surface area contributed by atoms with Gasteiger partial charge in [-0.2, -0.15) is 0 Å². The summed E-state index contributed by atoms with van der Waals surface area (Å²) in [7, 11) is 1.25. The van der Waals surface area contributed by atoms with Gasteiger partial charge in [0.15, 0.2) is 0 Å². The molecule has 1 saturated heterocycles. The van der Waals surface area contributed by atoms with Crippen LogP contribution in [0.2, 0.25) is 0 Å². The van der Waals surface area contributed by atoms with Crippen molar-refractivity contribution in [2.75, 3.05) is 13.7 Å². The molecule has 1 fully saturated rings. The number of halogens is 1. The molecule has 3 atom stereocenters. The van der Waals surface area contributed by atoms with Gasteiger partial charge in [-0.1, -0.05) is 34.6 Å². The van der Waals surface area contributed by atoms with Crippen LogP contribution in [0.3, 0.4) is 0 Å². The van der Waals surface area contributed by atoms with Gasteiger partial charge in [0, 0.05) is 12.5 Å². The predicted molar refractivity (Wildman–Crippen MR) is 78.6 cm³/mol. The molecule has 0 aliphatic carbocycles. The zero-order valence-electron chi connectivity index (χ0n) is 13.8. The maximum Gasteiger partial charge on any atom is 0.407 e. The van der Waals surface area contributed by atoms with Crippen molar-refractivity contribution < 1.29 is 18.7 Å². The van der Waals surface area contributed by atoms with Crippen molar-refractivity contribution in [2.24, 2.45) is 11.3 Å². The Bertz CT molecular complexity index is 393. The van der Waals surface area contributed by atoms with Gasteiger partial charge in [-0.15, -0.1) is 0 Å². The average Bonchev–Trinajstić information content (AvgIpc) is 2.76. The number of alkyl halides is 1. The first-order chi connectivity index (χ1) is 9.57. The molecule has 0 saturated carbocycles. The van der Waals surface area contributed by atoms with Gasteiger partial charge < -0.3 is 15.0 Å². The maximum absolute atomic E-state index is 13.8. The van der Waals surface area contributed by atoms with Gasteiger partial charge in [0.25, 0.3) is 0 Å². The molecular formula is C15H27FN2O3. The second-order valence-electron chi connectivity index (χ2n) is 7.06. The molecule has 1 aliphatic rings. The Labute approximate surface area is 126 Å². The third-order valence-electron chi connectivity index (χ3n) is 3.92. The van der Waals surface area contributed by atoms with Crippen LogP contribution in [-0.2, 0) is 9.53 Å². The van der Waals surface area contributed by atoms with E-state index in [1.54, 1.807) is 4.90 Å². The third-order valence-corrected chi connectivity index (χ3v) is 3.92. The number of carbonyl (C=O) groups excluding carboxylic acids is 2. The molecule has 21 heavy (non-hydrogen) atoms. The van der Waals surface area contributed by atoms with E-state index in [0.29, 0.717) is 6.42 Å². The van der Waals surface area contributed by atoms with Crippen molar-refractivity contribution in [3.63, 3.8) is 0 Å². The van der Waals surface area contributed by atoms with Crippen LogP contribution in [0.1, 0.15) is 41.0 Å². The summed E-state index contributed by atoms with van der Waals surface area (Å²) in [5.41, 5.74) is -0.205. The first-order valence-electron chi connectivity index (χ1n) is 7.37. The lowest BCUT2D eigenvalue weighted by atomic mass is 9.84. The highest BCUT2D eigenvalue weighted by molar-refractivity contribution is 5.86. The van der Waals surface area contributed by atoms with Gasteiger partial charge in [0.05, 0.1) is 13.7 Å². The number of ether oxygens (including phenoxy) is 1. The Morgan fingerprint density at radius 2 is 1.90 bits per heavy atom. The molecule has 1 rings (SSSR count). The minimum Gasteiger partial charge on any atom is -0.453 e. The molecule has 0 radical (unpaired) electrons. The highest BCUT2D eigenvalue weighted by Gasteiger charge is 2.44. The Morgan fingerprint density at radius 3 is 2.33 bits per heavy atom. The van der Waals surface area contributed by atoms with Crippen LogP contribution in [0.25, 0.3) is 0 Å². The van der Waals surface area contributed by atoms with Gasteiger partial charge in [0.1, 0.15) is 12.2 Å². The SMILES string of the molecule is COC(=O)NC(C(=O)N1CC(F)CC1C(C)(C)C)C(C)C. The van der Waals surface area contributed by atoms with E-state index in [9.17, 15) is 14.0 Å². The summed E-state index contributed by atoms with van der Waals surface area (Å²) in [4.78, 5) is 25.7. The Balaban J connectivity index is 2.94. The molecule has 0 aromatic carbocycles. The molecule has 6 heteroatoms. The van der Waals surface area contributed by atoms with Crippen LogP contribution in [0.4, 0.5) is 9.18 Å². The molecule has 0 spiro atoms. The molecule has 1 N–H and O–H groups in total. The minimum atomic E-state index is -1.01. The van der Waals surface area contributed by atoms with E-state index in [4.69, 9.17) is 0 Å². The maximum atomic E-state index is 13.8. The van der Waals surface area contributed by atoms with Crippen molar-refractivity contribution in [1.29, 1.82) is 0 Å². The highest BCUT2D eigenvalue weighted by Crippen LogP contribution is 2.34. The summed E-state index contributed by atoms with van der Waals surface area (Å²) in [5.74, 6) is -0.341. The Morgan fingerprint density at radius 1 is 1.33 bits per heavy atom. The zero-order chi connectivity index (χ0) is 16.4. The molecule has 0 aromatic rings. The molecule has 122 valence electrons. The van der Waals surface area contributed by atoms with E-state index in [1.165, 1.54) is 7.11 Å². The Hall–Kier alpha value is -1.33. The van der Waals surface area contributed by atoms with Gasteiger partial charge in [0.2, 0.25) is 5.91 Å². The third kappa shape index (κ3) is 4.32. The van der Waals surface area contributed by atoms with E-state index in [1.807, 2.05) is 34.6 Å². The molecule has 0 bridgehead atoms. The van der Waals surface area contributed by atoms with Crippen LogP contribution in [0.5, 0.6) is 0 Å². The van der Waals surface area contributed by atoms with E-state index in [0.717, 1.165) is 0 Å². The number of carbonyl (C=O) groups is 2. The topological polar surface area (TPSA) is 58.6 Å². The minimum absolute atomic E-state index is 0.0901. The normalized spacial score (nSPS) is 24.1. The standard InChI is InChI=1S/C15H27FN2O3/c1-9(2)12(17-14(20)21-6)13(19)18-8-10(16)7-11(18)15(3,4)5/h9-12H,7-8H2,1-6H3,(H,17,20). The first-order valence-corrected chi connectivity index (χ1v) is 7.37. The fraction of sp³-hybridized carbons (Fsp3) is 0.867. The van der Waals surface area contributed by atoms with Gasteiger partial charge in [-0.25, -0.2) is 9.18 Å². The lowest BCUT2D eigenvalue weighted by Gasteiger charge is -2.37. The van der Waals surface area contributed by atoms with E-state index in [2.05, 4.69) is 10.1 Å². The lowest BCUT2D eigenvalue weighted by Crippen LogP contribution is -2.54. The van der Waals surface area contributed by atoms with Crippen molar-refractivity contribution in [1.82, 2.24) is 10.2 Å². The number of likely N-dealkylation sites (tertiary alicyclic amines) is 1. The predicted octanol–water partition coefficient (Wildman–Crippen LogP) is 2.35. The van der Waals surface area contributed by atoms with Crippen LogP contribution in [0, 0.1) is 11.3 Å². The summed E-state index contributed by atoms with van der Waals surface area (Å²) in [6.45, 7) is 9.75. The van der Waals surface area contributed by atoms with Crippen LogP contribution in [0.15, 0.2) is 0 Å². The number of nitrogens with zero attached hydrogens (tertiary/aromatic N) is 1. The summed E-state index contributed by atoms with van der Waals surface area (Å²) >= 11 is 0. The van der Waals surface area contributed by atoms with E-state index < -0.39 is 18.3 Å². The van der Waals surface area contributed by atoms with Crippen molar-refractivity contribution >= 4 is 12.0 Å². The zero-order valence-corrected chi connectivity index (χ0v) is 13.8. The molecule has 1 aliphatic heterocycles. The molecule has 0 aromatic heterocycles. The first kappa shape index (κ1) is 17.7. The van der Waals surface area contributed by atoms with Gasteiger partial charge in [-0.3, -0.25) is 4.79 Å².